The van der Waals surface area contributed by atoms with Crippen molar-refractivity contribution in [3.63, 3.8) is 0 Å². The average Bonchev–Trinajstić information content (AvgIpc) is 2.33. The molecule has 0 saturated carbocycles. The van der Waals surface area contributed by atoms with Gasteiger partial charge >= 0.3 is 0 Å². The Labute approximate surface area is 110 Å². The molecule has 0 radical (unpaired) electrons. The third-order valence-electron chi connectivity index (χ3n) is 2.81. The molecule has 17 heavy (non-hydrogen) atoms. The number of anilines is 3. The van der Waals surface area contributed by atoms with E-state index in [1.54, 1.807) is 0 Å². The lowest BCUT2D eigenvalue weighted by atomic mass is 10.2. The zero-order chi connectivity index (χ0) is 12.4. The maximum absolute atomic E-state index is 5.68. The van der Waals surface area contributed by atoms with Gasteiger partial charge in [-0.2, -0.15) is 0 Å². The molecule has 2 aromatic carbocycles. The van der Waals surface area contributed by atoms with Crippen LogP contribution in [0.1, 0.15) is 5.56 Å². The van der Waals surface area contributed by atoms with Crippen molar-refractivity contribution < 1.29 is 0 Å². The van der Waals surface area contributed by atoms with Crippen molar-refractivity contribution in [1.82, 2.24) is 0 Å². The maximum atomic E-state index is 5.68. The van der Waals surface area contributed by atoms with Crippen LogP contribution in [0.15, 0.2) is 46.9 Å². The summed E-state index contributed by atoms with van der Waals surface area (Å²) in [6, 6.07) is 14.2. The topological polar surface area (TPSA) is 29.3 Å². The molecule has 0 saturated heterocycles. The summed E-state index contributed by atoms with van der Waals surface area (Å²) in [6.07, 6.45) is 0. The van der Waals surface area contributed by atoms with E-state index in [0.717, 1.165) is 21.5 Å². The number of nitrogen functional groups attached to an aromatic ring is 1. The van der Waals surface area contributed by atoms with Crippen molar-refractivity contribution in [2.24, 2.45) is 0 Å². The molecule has 0 amide bonds. The van der Waals surface area contributed by atoms with Crippen molar-refractivity contribution in [3.05, 3.63) is 52.5 Å². The summed E-state index contributed by atoms with van der Waals surface area (Å²) in [5, 5.41) is 0. The summed E-state index contributed by atoms with van der Waals surface area (Å²) >= 11 is 3.51. The van der Waals surface area contributed by atoms with Gasteiger partial charge in [0.25, 0.3) is 0 Å². The fourth-order valence-corrected chi connectivity index (χ4v) is 1.93. The summed E-state index contributed by atoms with van der Waals surface area (Å²) < 4.78 is 1.13. The first kappa shape index (κ1) is 12.0. The second kappa shape index (κ2) is 4.80. The number of hydrogen-bond acceptors (Lipinski definition) is 2. The predicted octanol–water partition coefficient (Wildman–Crippen LogP) is 4.11. The van der Waals surface area contributed by atoms with E-state index in [0.29, 0.717) is 0 Å². The van der Waals surface area contributed by atoms with Crippen molar-refractivity contribution in [1.29, 1.82) is 0 Å². The number of halogens is 1. The molecular formula is C14H15BrN2. The van der Waals surface area contributed by atoms with Crippen LogP contribution in [0.2, 0.25) is 0 Å². The molecule has 0 atom stereocenters. The van der Waals surface area contributed by atoms with Gasteiger partial charge in [-0.3, -0.25) is 0 Å². The second-order valence-corrected chi connectivity index (χ2v) is 4.94. The van der Waals surface area contributed by atoms with Crippen molar-refractivity contribution in [2.45, 2.75) is 6.92 Å². The molecule has 0 aromatic heterocycles. The molecule has 0 unspecified atom stereocenters. The van der Waals surface area contributed by atoms with Gasteiger partial charge in [-0.25, -0.2) is 0 Å². The van der Waals surface area contributed by atoms with Crippen LogP contribution in [0.4, 0.5) is 17.1 Å². The van der Waals surface area contributed by atoms with E-state index in [2.05, 4.69) is 46.0 Å². The minimum Gasteiger partial charge on any atom is -0.399 e. The molecule has 0 aliphatic carbocycles. The molecule has 2 aromatic rings. The van der Waals surface area contributed by atoms with Gasteiger partial charge in [-0.05, 0) is 55.0 Å². The van der Waals surface area contributed by atoms with E-state index in [1.165, 1.54) is 5.56 Å². The number of benzene rings is 2. The van der Waals surface area contributed by atoms with E-state index >= 15 is 0 Å². The number of hydrogen-bond donors (Lipinski definition) is 1. The van der Waals surface area contributed by atoms with Crippen LogP contribution in [0.3, 0.4) is 0 Å². The van der Waals surface area contributed by atoms with Gasteiger partial charge < -0.3 is 10.6 Å². The summed E-state index contributed by atoms with van der Waals surface area (Å²) in [4.78, 5) is 2.14. The van der Waals surface area contributed by atoms with Gasteiger partial charge in [-0.15, -0.1) is 0 Å². The van der Waals surface area contributed by atoms with Gasteiger partial charge in [0.2, 0.25) is 0 Å². The van der Waals surface area contributed by atoms with Gasteiger partial charge in [0.15, 0.2) is 0 Å². The monoisotopic (exact) mass is 290 g/mol. The first-order chi connectivity index (χ1) is 8.08. The Morgan fingerprint density at radius 2 is 1.59 bits per heavy atom. The highest BCUT2D eigenvalue weighted by Gasteiger charge is 2.05. The molecule has 0 spiro atoms. The molecule has 3 heteroatoms. The quantitative estimate of drug-likeness (QED) is 0.844. The van der Waals surface area contributed by atoms with E-state index in [4.69, 9.17) is 5.73 Å². The fraction of sp³-hybridized carbons (Fsp3) is 0.143. The van der Waals surface area contributed by atoms with Gasteiger partial charge in [0.1, 0.15) is 0 Å². The Balaban J connectivity index is 2.33. The molecule has 0 aliphatic rings. The fourth-order valence-electron chi connectivity index (χ4n) is 1.68. The molecule has 0 heterocycles. The number of nitrogens with two attached hydrogens (primary N) is 1. The molecule has 0 fully saturated rings. The number of aryl methyl sites for hydroxylation is 1. The normalized spacial score (nSPS) is 10.3. The minimum atomic E-state index is 0.786. The third kappa shape index (κ3) is 2.61. The highest BCUT2D eigenvalue weighted by atomic mass is 79.9. The Kier molecular flexibility index (Phi) is 3.38. The van der Waals surface area contributed by atoms with Crippen molar-refractivity contribution >= 4 is 33.0 Å². The van der Waals surface area contributed by atoms with Crippen LogP contribution in [0, 0.1) is 6.92 Å². The summed E-state index contributed by atoms with van der Waals surface area (Å²) in [5.41, 5.74) is 9.99. The summed E-state index contributed by atoms with van der Waals surface area (Å²) in [6.45, 7) is 2.09. The van der Waals surface area contributed by atoms with Gasteiger partial charge in [0.05, 0.1) is 0 Å². The summed E-state index contributed by atoms with van der Waals surface area (Å²) in [7, 11) is 2.05. The van der Waals surface area contributed by atoms with Crippen LogP contribution in [0.25, 0.3) is 0 Å². The molecular weight excluding hydrogens is 276 g/mol. The molecule has 88 valence electrons. The van der Waals surface area contributed by atoms with Gasteiger partial charge in [0, 0.05) is 28.6 Å². The van der Waals surface area contributed by atoms with Crippen LogP contribution < -0.4 is 10.6 Å². The van der Waals surface area contributed by atoms with Crippen LogP contribution >= 0.6 is 15.9 Å². The van der Waals surface area contributed by atoms with Crippen molar-refractivity contribution in [2.75, 3.05) is 17.7 Å². The predicted molar refractivity (Wildman–Crippen MR) is 77.8 cm³/mol. The highest BCUT2D eigenvalue weighted by Crippen LogP contribution is 2.27. The third-order valence-corrected chi connectivity index (χ3v) is 3.70. The largest absolute Gasteiger partial charge is 0.399 e. The molecule has 2 nitrogen and oxygen atoms in total. The lowest BCUT2D eigenvalue weighted by Gasteiger charge is -2.20. The van der Waals surface area contributed by atoms with Gasteiger partial charge in [-0.1, -0.05) is 15.9 Å². The lowest BCUT2D eigenvalue weighted by Crippen LogP contribution is -2.09. The zero-order valence-corrected chi connectivity index (χ0v) is 11.5. The Bertz CT molecular complexity index is 520. The molecule has 2 N–H and O–H groups in total. The highest BCUT2D eigenvalue weighted by molar-refractivity contribution is 9.10. The van der Waals surface area contributed by atoms with E-state index in [-0.39, 0.29) is 0 Å². The van der Waals surface area contributed by atoms with E-state index < -0.39 is 0 Å². The number of rotatable bonds is 2. The maximum Gasteiger partial charge on any atom is 0.0411 e. The Morgan fingerprint density at radius 1 is 1.00 bits per heavy atom. The molecule has 0 aliphatic heterocycles. The standard InChI is InChI=1S/C14H15BrN2/c1-10-9-13(7-8-14(10)15)17(2)12-5-3-11(16)4-6-12/h3-9H,16H2,1-2H3. The number of nitrogens with zero attached hydrogens (tertiary/aromatic N) is 1. The minimum absolute atomic E-state index is 0.786. The van der Waals surface area contributed by atoms with Crippen LogP contribution in [-0.4, -0.2) is 7.05 Å². The smallest absolute Gasteiger partial charge is 0.0411 e. The lowest BCUT2D eigenvalue weighted by molar-refractivity contribution is 1.20. The average molecular weight is 291 g/mol. The van der Waals surface area contributed by atoms with Crippen LogP contribution in [0.5, 0.6) is 0 Å². The van der Waals surface area contributed by atoms with Crippen molar-refractivity contribution in [3.8, 4) is 0 Å². The zero-order valence-electron chi connectivity index (χ0n) is 9.94. The first-order valence-corrected chi connectivity index (χ1v) is 6.22. The van der Waals surface area contributed by atoms with E-state index in [1.807, 2.05) is 31.3 Å². The Hall–Kier alpha value is -1.48. The second-order valence-electron chi connectivity index (χ2n) is 4.08. The SMILES string of the molecule is Cc1cc(N(C)c2ccc(N)cc2)ccc1Br. The first-order valence-electron chi connectivity index (χ1n) is 5.43. The van der Waals surface area contributed by atoms with E-state index in [9.17, 15) is 0 Å². The summed E-state index contributed by atoms with van der Waals surface area (Å²) in [5.74, 6) is 0. The molecule has 0 bridgehead atoms. The Morgan fingerprint density at radius 3 is 2.18 bits per heavy atom. The van der Waals surface area contributed by atoms with Crippen LogP contribution in [-0.2, 0) is 0 Å². The molecule has 2 rings (SSSR count).